The van der Waals surface area contributed by atoms with Crippen molar-refractivity contribution in [3.05, 3.63) is 0 Å². The van der Waals surface area contributed by atoms with Crippen LogP contribution in [0.3, 0.4) is 0 Å². The third kappa shape index (κ3) is 0.751. The quantitative estimate of drug-likeness (QED) is 0.565. The van der Waals surface area contributed by atoms with E-state index >= 15 is 0 Å². The number of aliphatic imine (C=N–C) groups is 1. The highest BCUT2D eigenvalue weighted by atomic mass is 19.1. The summed E-state index contributed by atoms with van der Waals surface area (Å²) >= 11 is 0. The molecule has 0 saturated heterocycles. The molecule has 1 heterocycles. The molecule has 2 rings (SSSR count). The number of nitrogens with zero attached hydrogens (tertiary/aromatic N) is 1. The predicted octanol–water partition coefficient (Wildman–Crippen LogP) is 0.0579. The number of halogens is 1. The molecule has 2 aliphatic rings. The van der Waals surface area contributed by atoms with Crippen LogP contribution in [0, 0.1) is 5.92 Å². The van der Waals surface area contributed by atoms with E-state index in [1.54, 1.807) is 0 Å². The molecule has 0 unspecified atom stereocenters. The Balaban J connectivity index is 2.11. The average Bonchev–Trinajstić information content (AvgIpc) is 2.64. The van der Waals surface area contributed by atoms with Gasteiger partial charge in [-0.3, -0.25) is 0 Å². The third-order valence-corrected chi connectivity index (χ3v) is 2.00. The highest BCUT2D eigenvalue weighted by Crippen LogP contribution is 2.40. The minimum atomic E-state index is -0.411. The highest BCUT2D eigenvalue weighted by molar-refractivity contribution is 5.73. The Morgan fingerprint density at radius 3 is 3.30 bits per heavy atom. The van der Waals surface area contributed by atoms with E-state index in [4.69, 9.17) is 10.5 Å². The number of nitrogens with two attached hydrogens (primary N) is 1. The highest BCUT2D eigenvalue weighted by Gasteiger charge is 2.48. The first-order chi connectivity index (χ1) is 4.81. The molecule has 1 fully saturated rings. The Morgan fingerprint density at radius 1 is 1.80 bits per heavy atom. The van der Waals surface area contributed by atoms with Gasteiger partial charge in [0, 0.05) is 5.92 Å². The molecule has 0 aromatic rings. The van der Waals surface area contributed by atoms with Gasteiger partial charge in [-0.25, -0.2) is 9.38 Å². The molecular formula is C6H9FN2O. The third-order valence-electron chi connectivity index (χ3n) is 2.00. The lowest BCUT2D eigenvalue weighted by molar-refractivity contribution is 0.224. The second kappa shape index (κ2) is 1.84. The predicted molar refractivity (Wildman–Crippen MR) is 34.4 cm³/mol. The number of amidine groups is 1. The summed E-state index contributed by atoms with van der Waals surface area (Å²) in [6.07, 6.45) is 1.08. The maximum absolute atomic E-state index is 12.1. The van der Waals surface area contributed by atoms with Crippen LogP contribution >= 0.6 is 0 Å². The normalized spacial score (nSPS) is 43.3. The minimum Gasteiger partial charge on any atom is -0.462 e. The Hall–Kier alpha value is -0.800. The van der Waals surface area contributed by atoms with Crippen molar-refractivity contribution in [1.29, 1.82) is 0 Å². The van der Waals surface area contributed by atoms with E-state index in [0.29, 0.717) is 5.92 Å². The molecule has 4 heteroatoms. The molecule has 3 atom stereocenters. The lowest BCUT2D eigenvalue weighted by atomic mass is 10.2. The minimum absolute atomic E-state index is 0.154. The first-order valence-electron chi connectivity index (χ1n) is 3.37. The first kappa shape index (κ1) is 5.95. The number of fused-ring (bicyclic) bond motifs is 1. The zero-order valence-corrected chi connectivity index (χ0v) is 5.46. The van der Waals surface area contributed by atoms with Crippen LogP contribution in [0.15, 0.2) is 4.99 Å². The topological polar surface area (TPSA) is 47.6 Å². The molecule has 1 saturated carbocycles. The van der Waals surface area contributed by atoms with Crippen LogP contribution in [-0.4, -0.2) is 24.8 Å². The van der Waals surface area contributed by atoms with Crippen LogP contribution in [0.2, 0.25) is 0 Å². The van der Waals surface area contributed by atoms with Gasteiger partial charge in [0.05, 0.1) is 6.04 Å². The van der Waals surface area contributed by atoms with Crippen LogP contribution in [-0.2, 0) is 4.74 Å². The molecule has 3 nitrogen and oxygen atoms in total. The number of ether oxygens (including phenoxy) is 1. The van der Waals surface area contributed by atoms with Crippen molar-refractivity contribution >= 4 is 6.02 Å². The van der Waals surface area contributed by atoms with Crippen LogP contribution < -0.4 is 5.73 Å². The van der Waals surface area contributed by atoms with Gasteiger partial charge in [-0.1, -0.05) is 0 Å². The van der Waals surface area contributed by atoms with Gasteiger partial charge in [-0.2, -0.15) is 0 Å². The molecule has 0 aromatic carbocycles. The van der Waals surface area contributed by atoms with Crippen molar-refractivity contribution in [3.63, 3.8) is 0 Å². The van der Waals surface area contributed by atoms with Crippen molar-refractivity contribution in [2.75, 3.05) is 6.67 Å². The smallest absolute Gasteiger partial charge is 0.282 e. The van der Waals surface area contributed by atoms with Gasteiger partial charge in [0.25, 0.3) is 6.02 Å². The van der Waals surface area contributed by atoms with Crippen molar-refractivity contribution < 1.29 is 9.13 Å². The molecule has 56 valence electrons. The van der Waals surface area contributed by atoms with Crippen molar-refractivity contribution in [2.24, 2.45) is 16.6 Å². The monoisotopic (exact) mass is 144 g/mol. The van der Waals surface area contributed by atoms with Gasteiger partial charge < -0.3 is 10.5 Å². The van der Waals surface area contributed by atoms with Gasteiger partial charge in [-0.15, -0.1) is 0 Å². The van der Waals surface area contributed by atoms with Crippen LogP contribution in [0.1, 0.15) is 6.42 Å². The van der Waals surface area contributed by atoms with Gasteiger partial charge in [-0.05, 0) is 6.42 Å². The Kier molecular flexibility index (Phi) is 1.09. The van der Waals surface area contributed by atoms with Crippen LogP contribution in [0.5, 0.6) is 0 Å². The van der Waals surface area contributed by atoms with E-state index in [9.17, 15) is 4.39 Å². The van der Waals surface area contributed by atoms with Gasteiger partial charge in [0.2, 0.25) is 0 Å². The van der Waals surface area contributed by atoms with E-state index in [-0.39, 0.29) is 18.2 Å². The Morgan fingerprint density at radius 2 is 2.60 bits per heavy atom. The average molecular weight is 144 g/mol. The summed E-state index contributed by atoms with van der Waals surface area (Å²) in [6.45, 7) is -0.411. The molecule has 0 spiro atoms. The summed E-state index contributed by atoms with van der Waals surface area (Å²) in [4.78, 5) is 3.82. The summed E-state index contributed by atoms with van der Waals surface area (Å²) in [7, 11) is 0. The van der Waals surface area contributed by atoms with E-state index in [2.05, 4.69) is 4.99 Å². The van der Waals surface area contributed by atoms with Crippen LogP contribution in [0.4, 0.5) is 4.39 Å². The molecule has 0 radical (unpaired) electrons. The zero-order chi connectivity index (χ0) is 7.14. The molecule has 1 aliphatic carbocycles. The maximum atomic E-state index is 12.1. The number of hydrogen-bond acceptors (Lipinski definition) is 3. The van der Waals surface area contributed by atoms with Crippen molar-refractivity contribution in [1.82, 2.24) is 0 Å². The molecule has 10 heavy (non-hydrogen) atoms. The summed E-state index contributed by atoms with van der Waals surface area (Å²) in [5, 5.41) is 0. The fourth-order valence-electron chi connectivity index (χ4n) is 1.32. The summed E-state index contributed by atoms with van der Waals surface area (Å²) in [5.74, 6) is 0.303. The van der Waals surface area contributed by atoms with E-state index in [0.717, 1.165) is 6.42 Å². The molecule has 2 N–H and O–H groups in total. The fraction of sp³-hybridized carbons (Fsp3) is 0.833. The number of alkyl halides is 1. The van der Waals surface area contributed by atoms with E-state index in [1.165, 1.54) is 0 Å². The van der Waals surface area contributed by atoms with Crippen LogP contribution in [0.25, 0.3) is 0 Å². The van der Waals surface area contributed by atoms with E-state index < -0.39 is 6.67 Å². The second-order valence-electron chi connectivity index (χ2n) is 2.74. The maximum Gasteiger partial charge on any atom is 0.282 e. The number of hydrogen-bond donors (Lipinski definition) is 1. The summed E-state index contributed by atoms with van der Waals surface area (Å²) < 4.78 is 17.2. The zero-order valence-electron chi connectivity index (χ0n) is 5.46. The molecule has 0 bridgehead atoms. The second-order valence-corrected chi connectivity index (χ2v) is 2.74. The summed E-state index contributed by atoms with van der Waals surface area (Å²) in [6, 6.07) is -0.0693. The lowest BCUT2D eigenvalue weighted by Gasteiger charge is -2.14. The standard InChI is InChI=1S/C6H9FN2O/c7-2-4-3-1-5(3)10-6(8)9-4/h3-5H,1-2H2,(H2,8,9)/t3-,4-,5-/m1/s1. The van der Waals surface area contributed by atoms with Crippen molar-refractivity contribution in [3.8, 4) is 0 Å². The first-order valence-corrected chi connectivity index (χ1v) is 3.37. The molecule has 0 aromatic heterocycles. The molecule has 0 amide bonds. The fourth-order valence-corrected chi connectivity index (χ4v) is 1.32. The summed E-state index contributed by atoms with van der Waals surface area (Å²) in [5.41, 5.74) is 5.28. The van der Waals surface area contributed by atoms with Gasteiger partial charge >= 0.3 is 0 Å². The largest absolute Gasteiger partial charge is 0.462 e. The van der Waals surface area contributed by atoms with Gasteiger partial charge in [0.15, 0.2) is 0 Å². The molecular weight excluding hydrogens is 135 g/mol. The SMILES string of the molecule is NC1=N[C@H](CF)[C@H]2C[C@H]2O1. The van der Waals surface area contributed by atoms with Gasteiger partial charge in [0.1, 0.15) is 12.8 Å². The van der Waals surface area contributed by atoms with Crippen molar-refractivity contribution in [2.45, 2.75) is 18.6 Å². The van der Waals surface area contributed by atoms with E-state index in [1.807, 2.05) is 0 Å². The molecule has 1 aliphatic heterocycles. The Labute approximate surface area is 58.1 Å². The Bertz CT molecular complexity index is 183. The lowest BCUT2D eigenvalue weighted by Crippen LogP contribution is -2.29. The number of rotatable bonds is 1.